The number of halogens is 3. The molecule has 0 amide bonds. The molecule has 0 aromatic heterocycles. The van der Waals surface area contributed by atoms with E-state index in [4.69, 9.17) is 4.74 Å². The van der Waals surface area contributed by atoms with Crippen molar-refractivity contribution in [2.24, 2.45) is 5.92 Å². The lowest BCUT2D eigenvalue weighted by Crippen LogP contribution is -2.47. The normalized spacial score (nSPS) is 28.3. The maximum atomic E-state index is 12.7. The van der Waals surface area contributed by atoms with Crippen LogP contribution < -0.4 is 4.74 Å². The topological polar surface area (TPSA) is 46.6 Å². The largest absolute Gasteiger partial charge is 0.492 e. The second-order valence-electron chi connectivity index (χ2n) is 6.22. The molecule has 1 heterocycles. The van der Waals surface area contributed by atoms with Gasteiger partial charge in [0.15, 0.2) is 0 Å². The molecule has 4 nitrogen and oxygen atoms in total. The van der Waals surface area contributed by atoms with E-state index in [0.29, 0.717) is 0 Å². The van der Waals surface area contributed by atoms with Gasteiger partial charge in [0.2, 0.25) is 10.0 Å². The van der Waals surface area contributed by atoms with E-state index in [1.807, 2.05) is 0 Å². The molecular formula is C15H18F3NO3S. The van der Waals surface area contributed by atoms with Crippen LogP contribution in [0.3, 0.4) is 0 Å². The van der Waals surface area contributed by atoms with Crippen LogP contribution in [0.2, 0.25) is 0 Å². The van der Waals surface area contributed by atoms with Gasteiger partial charge in [-0.15, -0.1) is 0 Å². The Kier molecular flexibility index (Phi) is 4.08. The molecule has 2 bridgehead atoms. The monoisotopic (exact) mass is 349 g/mol. The van der Waals surface area contributed by atoms with Gasteiger partial charge in [-0.3, -0.25) is 0 Å². The van der Waals surface area contributed by atoms with Crippen molar-refractivity contribution in [3.05, 3.63) is 29.8 Å². The van der Waals surface area contributed by atoms with E-state index in [1.54, 1.807) is 0 Å². The van der Waals surface area contributed by atoms with E-state index in [2.05, 4.69) is 0 Å². The number of fused-ring (bicyclic) bond motifs is 2. The zero-order chi connectivity index (χ0) is 16.8. The molecule has 23 heavy (non-hydrogen) atoms. The number of hydrogen-bond donors (Lipinski definition) is 0. The summed E-state index contributed by atoms with van der Waals surface area (Å²) in [5.41, 5.74) is -0.775. The molecule has 3 rings (SSSR count). The Hall–Kier alpha value is -1.28. The lowest BCUT2D eigenvalue weighted by molar-refractivity contribution is -0.137. The predicted octanol–water partition coefficient (Wildman–Crippen LogP) is 2.90. The molecule has 1 saturated carbocycles. The van der Waals surface area contributed by atoms with E-state index in [0.717, 1.165) is 31.4 Å². The average molecular weight is 349 g/mol. The molecule has 1 aromatic carbocycles. The van der Waals surface area contributed by atoms with Crippen molar-refractivity contribution in [3.8, 4) is 5.75 Å². The summed E-state index contributed by atoms with van der Waals surface area (Å²) < 4.78 is 69.0. The number of nitrogens with zero attached hydrogens (tertiary/aromatic N) is 1. The van der Waals surface area contributed by atoms with Gasteiger partial charge in [-0.2, -0.15) is 17.5 Å². The van der Waals surface area contributed by atoms with Crippen molar-refractivity contribution < 1.29 is 26.3 Å². The summed E-state index contributed by atoms with van der Waals surface area (Å²) in [5, 5.41) is 0. The van der Waals surface area contributed by atoms with Crippen molar-refractivity contribution in [1.82, 2.24) is 4.31 Å². The minimum atomic E-state index is -4.43. The smallest absolute Gasteiger partial charge is 0.416 e. The summed E-state index contributed by atoms with van der Waals surface area (Å²) in [5.74, 6) is 0.330. The van der Waals surface area contributed by atoms with E-state index >= 15 is 0 Å². The molecule has 0 N–H and O–H groups in total. The first-order valence-corrected chi connectivity index (χ1v) is 9.29. The highest BCUT2D eigenvalue weighted by Crippen LogP contribution is 2.44. The number of benzene rings is 1. The second-order valence-corrected chi connectivity index (χ2v) is 8.11. The lowest BCUT2D eigenvalue weighted by atomic mass is 10.0. The van der Waals surface area contributed by atoms with E-state index in [-0.39, 0.29) is 30.4 Å². The SMILES string of the molecule is CS(=O)(=O)N1[C@@H]2CC[C@H](C2)[C@@H]1COc1cccc(C(F)(F)F)c1. The van der Waals surface area contributed by atoms with Gasteiger partial charge in [0.1, 0.15) is 12.4 Å². The fourth-order valence-electron chi connectivity index (χ4n) is 3.72. The van der Waals surface area contributed by atoms with Crippen molar-refractivity contribution in [3.63, 3.8) is 0 Å². The fourth-order valence-corrected chi connectivity index (χ4v) is 5.18. The molecule has 1 aliphatic carbocycles. The average Bonchev–Trinajstić information content (AvgIpc) is 3.04. The van der Waals surface area contributed by atoms with Gasteiger partial charge in [0.25, 0.3) is 0 Å². The molecule has 1 saturated heterocycles. The third kappa shape index (κ3) is 3.33. The number of ether oxygens (including phenoxy) is 1. The third-order valence-electron chi connectivity index (χ3n) is 4.64. The van der Waals surface area contributed by atoms with Crippen molar-refractivity contribution in [1.29, 1.82) is 0 Å². The van der Waals surface area contributed by atoms with Crippen molar-refractivity contribution >= 4 is 10.0 Å². The molecule has 1 aliphatic heterocycles. The highest BCUT2D eigenvalue weighted by molar-refractivity contribution is 7.88. The molecule has 0 spiro atoms. The summed E-state index contributed by atoms with van der Waals surface area (Å²) in [4.78, 5) is 0. The van der Waals surface area contributed by atoms with Crippen LogP contribution in [0, 0.1) is 5.92 Å². The third-order valence-corrected chi connectivity index (χ3v) is 5.98. The fraction of sp³-hybridized carbons (Fsp3) is 0.600. The second kappa shape index (κ2) is 5.66. The van der Waals surface area contributed by atoms with Crippen LogP contribution in [0.4, 0.5) is 13.2 Å². The van der Waals surface area contributed by atoms with Gasteiger partial charge in [-0.25, -0.2) is 8.42 Å². The first kappa shape index (κ1) is 16.6. The van der Waals surface area contributed by atoms with Gasteiger partial charge in [0, 0.05) is 6.04 Å². The molecular weight excluding hydrogens is 331 g/mol. The Morgan fingerprint density at radius 2 is 2.04 bits per heavy atom. The maximum absolute atomic E-state index is 12.7. The summed E-state index contributed by atoms with van der Waals surface area (Å²) >= 11 is 0. The molecule has 2 fully saturated rings. The zero-order valence-corrected chi connectivity index (χ0v) is 13.4. The molecule has 0 radical (unpaired) electrons. The Morgan fingerprint density at radius 1 is 1.30 bits per heavy atom. The molecule has 0 unspecified atom stereocenters. The van der Waals surface area contributed by atoms with Crippen LogP contribution in [-0.2, 0) is 16.2 Å². The number of sulfonamides is 1. The summed E-state index contributed by atoms with van der Waals surface area (Å²) in [6.45, 7) is 0.0789. The molecule has 3 atom stereocenters. The number of hydrogen-bond acceptors (Lipinski definition) is 3. The van der Waals surface area contributed by atoms with Crippen LogP contribution in [0.1, 0.15) is 24.8 Å². The van der Waals surface area contributed by atoms with Gasteiger partial charge in [-0.1, -0.05) is 6.07 Å². The van der Waals surface area contributed by atoms with Crippen LogP contribution in [0.15, 0.2) is 24.3 Å². The predicted molar refractivity (Wildman–Crippen MR) is 78.5 cm³/mol. The van der Waals surface area contributed by atoms with Crippen LogP contribution in [-0.4, -0.2) is 37.7 Å². The van der Waals surface area contributed by atoms with Crippen molar-refractivity contribution in [2.45, 2.75) is 37.5 Å². The van der Waals surface area contributed by atoms with Gasteiger partial charge >= 0.3 is 6.18 Å². The Bertz CT molecular complexity index is 689. The van der Waals surface area contributed by atoms with Gasteiger partial charge < -0.3 is 4.74 Å². The number of alkyl halides is 3. The first-order chi connectivity index (χ1) is 10.7. The summed E-state index contributed by atoms with van der Waals surface area (Å²) in [6.07, 6.45) is -0.662. The molecule has 128 valence electrons. The van der Waals surface area contributed by atoms with E-state index < -0.39 is 21.8 Å². The summed E-state index contributed by atoms with van der Waals surface area (Å²) in [6, 6.07) is 4.37. The highest BCUT2D eigenvalue weighted by Gasteiger charge is 2.50. The van der Waals surface area contributed by atoms with Crippen LogP contribution >= 0.6 is 0 Å². The van der Waals surface area contributed by atoms with Gasteiger partial charge in [0.05, 0.1) is 17.9 Å². The zero-order valence-electron chi connectivity index (χ0n) is 12.6. The molecule has 1 aromatic rings. The van der Waals surface area contributed by atoms with E-state index in [1.165, 1.54) is 22.7 Å². The van der Waals surface area contributed by atoms with Crippen molar-refractivity contribution in [2.75, 3.05) is 12.9 Å². The minimum Gasteiger partial charge on any atom is -0.492 e. The Labute approximate surface area is 133 Å². The molecule has 2 aliphatic rings. The number of piperidine rings is 1. The van der Waals surface area contributed by atoms with Gasteiger partial charge in [-0.05, 0) is 43.4 Å². The maximum Gasteiger partial charge on any atom is 0.416 e. The quantitative estimate of drug-likeness (QED) is 0.840. The Morgan fingerprint density at radius 3 is 2.70 bits per heavy atom. The summed E-state index contributed by atoms with van der Waals surface area (Å²) in [7, 11) is -3.35. The minimum absolute atomic E-state index is 0.00473. The lowest BCUT2D eigenvalue weighted by Gasteiger charge is -2.33. The van der Waals surface area contributed by atoms with E-state index in [9.17, 15) is 21.6 Å². The molecule has 8 heteroatoms. The highest BCUT2D eigenvalue weighted by atomic mass is 32.2. The Balaban J connectivity index is 1.73. The first-order valence-electron chi connectivity index (χ1n) is 7.45. The standard InChI is InChI=1S/C15H18F3NO3S/c1-23(20,21)19-12-6-5-10(7-12)14(19)9-22-13-4-2-3-11(8-13)15(16,17)18/h2-4,8,10,12,14H,5-7,9H2,1H3/t10-,12-,14+/m1/s1. The number of rotatable bonds is 4. The van der Waals surface area contributed by atoms with Crippen LogP contribution in [0.25, 0.3) is 0 Å². The van der Waals surface area contributed by atoms with Crippen LogP contribution in [0.5, 0.6) is 5.75 Å².